The summed E-state index contributed by atoms with van der Waals surface area (Å²) in [6.45, 7) is 5.87. The van der Waals surface area contributed by atoms with Crippen LogP contribution in [0.15, 0.2) is 53.7 Å². The first-order valence-electron chi connectivity index (χ1n) is 10.1. The second-order valence-corrected chi connectivity index (χ2v) is 8.38. The summed E-state index contributed by atoms with van der Waals surface area (Å²) in [7, 11) is 1.68. The minimum Gasteiger partial charge on any atom is -0.383 e. The van der Waals surface area contributed by atoms with Crippen molar-refractivity contribution >= 4 is 17.7 Å². The number of halogens is 1. The Morgan fingerprint density at radius 1 is 1.10 bits per heavy atom. The lowest BCUT2D eigenvalue weighted by atomic mass is 10.1. The van der Waals surface area contributed by atoms with Crippen LogP contribution in [0.5, 0.6) is 0 Å². The number of ether oxygens (including phenoxy) is 1. The van der Waals surface area contributed by atoms with E-state index in [1.807, 2.05) is 24.3 Å². The Morgan fingerprint density at radius 3 is 2.42 bits per heavy atom. The molecule has 0 saturated carbocycles. The van der Waals surface area contributed by atoms with Gasteiger partial charge in [-0.25, -0.2) is 4.39 Å². The largest absolute Gasteiger partial charge is 0.383 e. The van der Waals surface area contributed by atoms with Crippen molar-refractivity contribution in [2.75, 3.05) is 13.7 Å². The number of benzene rings is 2. The minimum atomic E-state index is -0.291. The van der Waals surface area contributed by atoms with Crippen LogP contribution >= 0.6 is 11.8 Å². The van der Waals surface area contributed by atoms with Gasteiger partial charge in [0.2, 0.25) is 0 Å². The third kappa shape index (κ3) is 6.38. The van der Waals surface area contributed by atoms with E-state index in [1.165, 1.54) is 12.1 Å². The van der Waals surface area contributed by atoms with Gasteiger partial charge in [0.05, 0.1) is 6.61 Å². The van der Waals surface area contributed by atoms with Crippen molar-refractivity contribution in [2.45, 2.75) is 43.8 Å². The number of rotatable bonds is 10. The van der Waals surface area contributed by atoms with Crippen molar-refractivity contribution in [1.29, 1.82) is 0 Å². The van der Waals surface area contributed by atoms with Crippen molar-refractivity contribution < 1.29 is 13.9 Å². The van der Waals surface area contributed by atoms with Gasteiger partial charge >= 0.3 is 0 Å². The van der Waals surface area contributed by atoms with Crippen LogP contribution in [0.2, 0.25) is 0 Å². The van der Waals surface area contributed by atoms with E-state index in [4.69, 9.17) is 4.74 Å². The normalized spacial score (nSPS) is 11.1. The molecule has 1 amide bonds. The molecular weight excluding hydrogens is 415 g/mol. The highest BCUT2D eigenvalue weighted by molar-refractivity contribution is 7.98. The van der Waals surface area contributed by atoms with Gasteiger partial charge in [0.15, 0.2) is 5.16 Å². The highest BCUT2D eigenvalue weighted by Crippen LogP contribution is 2.24. The van der Waals surface area contributed by atoms with Crippen molar-refractivity contribution in [3.8, 4) is 0 Å². The molecule has 0 bridgehead atoms. The van der Waals surface area contributed by atoms with Gasteiger partial charge in [-0.3, -0.25) is 4.79 Å². The highest BCUT2D eigenvalue weighted by atomic mass is 32.2. The van der Waals surface area contributed by atoms with E-state index in [2.05, 4.69) is 33.9 Å². The van der Waals surface area contributed by atoms with Gasteiger partial charge in [-0.1, -0.05) is 49.9 Å². The first-order chi connectivity index (χ1) is 15.0. The third-order valence-electron chi connectivity index (χ3n) is 4.73. The Bertz CT molecular complexity index is 988. The Labute approximate surface area is 186 Å². The summed E-state index contributed by atoms with van der Waals surface area (Å²) in [5.41, 5.74) is 2.52. The fourth-order valence-corrected chi connectivity index (χ4v) is 3.94. The van der Waals surface area contributed by atoms with Gasteiger partial charge in [0.1, 0.15) is 11.6 Å². The summed E-state index contributed by atoms with van der Waals surface area (Å²) >= 11 is 1.61. The number of hydrogen-bond acceptors (Lipinski definition) is 5. The molecule has 31 heavy (non-hydrogen) atoms. The average Bonchev–Trinajstić information content (AvgIpc) is 3.19. The summed E-state index contributed by atoms with van der Waals surface area (Å²) in [4.78, 5) is 12.4. The molecule has 0 saturated heterocycles. The predicted octanol–water partition coefficient (Wildman–Crippen LogP) is 4.41. The number of hydrogen-bond donors (Lipinski definition) is 1. The van der Waals surface area contributed by atoms with Gasteiger partial charge in [-0.15, -0.1) is 10.2 Å². The Kier molecular flexibility index (Phi) is 8.20. The standard InChI is InChI=1S/C23H27FN4O2S/c1-16(2)21-26-27-23(28(21)12-13-30-3)31-15-18-4-8-19(9-5-18)22(29)25-14-17-6-10-20(24)11-7-17/h4-11,16H,12-15H2,1-3H3,(H,25,29). The van der Waals surface area contributed by atoms with E-state index in [0.29, 0.717) is 25.3 Å². The van der Waals surface area contributed by atoms with Gasteiger partial charge in [-0.05, 0) is 35.4 Å². The summed E-state index contributed by atoms with van der Waals surface area (Å²) in [6.07, 6.45) is 0. The van der Waals surface area contributed by atoms with Crippen molar-refractivity contribution in [1.82, 2.24) is 20.1 Å². The summed E-state index contributed by atoms with van der Waals surface area (Å²) in [6, 6.07) is 13.6. The molecule has 0 radical (unpaired) electrons. The maximum Gasteiger partial charge on any atom is 0.251 e. The quantitative estimate of drug-likeness (QED) is 0.471. The van der Waals surface area contributed by atoms with E-state index in [0.717, 1.165) is 27.9 Å². The number of aromatic nitrogens is 3. The molecule has 6 nitrogen and oxygen atoms in total. The first-order valence-corrected chi connectivity index (χ1v) is 11.1. The van der Waals surface area contributed by atoms with Crippen LogP contribution in [0, 0.1) is 5.82 Å². The van der Waals surface area contributed by atoms with Gasteiger partial charge in [-0.2, -0.15) is 0 Å². The fraction of sp³-hybridized carbons (Fsp3) is 0.348. The van der Waals surface area contributed by atoms with Crippen molar-refractivity contribution in [2.24, 2.45) is 0 Å². The molecule has 1 N–H and O–H groups in total. The van der Waals surface area contributed by atoms with Gasteiger partial charge < -0.3 is 14.6 Å². The van der Waals surface area contributed by atoms with Crippen LogP contribution in [0.25, 0.3) is 0 Å². The Balaban J connectivity index is 1.57. The Morgan fingerprint density at radius 2 is 1.77 bits per heavy atom. The lowest BCUT2D eigenvalue weighted by Gasteiger charge is -2.11. The minimum absolute atomic E-state index is 0.163. The van der Waals surface area contributed by atoms with Crippen LogP contribution in [0.3, 0.4) is 0 Å². The van der Waals surface area contributed by atoms with Crippen LogP contribution in [-0.2, 0) is 23.6 Å². The molecule has 0 aliphatic rings. The highest BCUT2D eigenvalue weighted by Gasteiger charge is 2.15. The maximum absolute atomic E-state index is 13.0. The summed E-state index contributed by atoms with van der Waals surface area (Å²) in [5.74, 6) is 1.50. The van der Waals surface area contributed by atoms with Crippen molar-refractivity contribution in [3.63, 3.8) is 0 Å². The second kappa shape index (κ2) is 11.1. The zero-order valence-corrected chi connectivity index (χ0v) is 18.8. The lowest BCUT2D eigenvalue weighted by molar-refractivity contribution is 0.0951. The van der Waals surface area contributed by atoms with E-state index >= 15 is 0 Å². The summed E-state index contributed by atoms with van der Waals surface area (Å²) < 4.78 is 20.3. The first kappa shape index (κ1) is 23.0. The predicted molar refractivity (Wildman–Crippen MR) is 120 cm³/mol. The molecule has 1 aromatic heterocycles. The topological polar surface area (TPSA) is 69.0 Å². The van der Waals surface area contributed by atoms with Crippen LogP contribution in [-0.4, -0.2) is 34.4 Å². The molecule has 3 aromatic rings. The van der Waals surface area contributed by atoms with Gasteiger partial charge in [0.25, 0.3) is 5.91 Å². The molecule has 0 unspecified atom stereocenters. The molecule has 8 heteroatoms. The number of thioether (sulfide) groups is 1. The fourth-order valence-electron chi connectivity index (χ4n) is 3.01. The second-order valence-electron chi connectivity index (χ2n) is 7.43. The van der Waals surface area contributed by atoms with E-state index < -0.39 is 0 Å². The number of nitrogens with zero attached hydrogens (tertiary/aromatic N) is 3. The zero-order chi connectivity index (χ0) is 22.2. The summed E-state index contributed by atoms with van der Waals surface area (Å²) in [5, 5.41) is 12.4. The van der Waals surface area contributed by atoms with Gasteiger partial charge in [0, 0.05) is 37.4 Å². The third-order valence-corrected chi connectivity index (χ3v) is 5.77. The van der Waals surface area contributed by atoms with Crippen molar-refractivity contribution in [3.05, 3.63) is 76.9 Å². The number of amides is 1. The smallest absolute Gasteiger partial charge is 0.251 e. The molecular formula is C23H27FN4O2S. The average molecular weight is 443 g/mol. The molecule has 0 atom stereocenters. The van der Waals surface area contributed by atoms with Crippen LogP contribution < -0.4 is 5.32 Å². The zero-order valence-electron chi connectivity index (χ0n) is 18.0. The van der Waals surface area contributed by atoms with E-state index in [9.17, 15) is 9.18 Å². The Hall–Kier alpha value is -2.71. The maximum atomic E-state index is 13.0. The molecule has 0 aliphatic carbocycles. The monoisotopic (exact) mass is 442 g/mol. The molecule has 1 heterocycles. The molecule has 164 valence electrons. The number of carbonyl (C=O) groups is 1. The molecule has 0 aliphatic heterocycles. The van der Waals surface area contributed by atoms with Crippen LogP contribution in [0.4, 0.5) is 4.39 Å². The number of methoxy groups -OCH3 is 1. The SMILES string of the molecule is COCCn1c(SCc2ccc(C(=O)NCc3ccc(F)cc3)cc2)nnc1C(C)C. The molecule has 0 spiro atoms. The van der Waals surface area contributed by atoms with Crippen LogP contribution in [0.1, 0.15) is 47.1 Å². The molecule has 0 fully saturated rings. The van der Waals surface area contributed by atoms with E-state index in [-0.39, 0.29) is 17.6 Å². The number of carbonyl (C=O) groups excluding carboxylic acids is 1. The number of nitrogens with one attached hydrogen (secondary N) is 1. The molecule has 3 rings (SSSR count). The van der Waals surface area contributed by atoms with E-state index in [1.54, 1.807) is 31.0 Å². The lowest BCUT2D eigenvalue weighted by Crippen LogP contribution is -2.22. The molecule has 2 aromatic carbocycles.